The van der Waals surface area contributed by atoms with Crippen LogP contribution in [0.2, 0.25) is 0 Å². The van der Waals surface area contributed by atoms with Crippen molar-refractivity contribution in [1.29, 1.82) is 0 Å². The van der Waals surface area contributed by atoms with Crippen molar-refractivity contribution in [2.45, 2.75) is 26.9 Å². The molecule has 2 aromatic carbocycles. The van der Waals surface area contributed by atoms with Crippen LogP contribution < -0.4 is 21.1 Å². The third-order valence-corrected chi connectivity index (χ3v) is 3.63. The Morgan fingerprint density at radius 1 is 1.04 bits per heavy atom. The fourth-order valence-corrected chi connectivity index (χ4v) is 2.10. The van der Waals surface area contributed by atoms with Gasteiger partial charge in [-0.25, -0.2) is 4.79 Å². The first kappa shape index (κ1) is 16.8. The molecule has 0 saturated carbocycles. The second kappa shape index (κ2) is 8.19. The van der Waals surface area contributed by atoms with E-state index in [1.165, 1.54) is 5.56 Å². The Balaban J connectivity index is 1.73. The maximum atomic E-state index is 11.8. The van der Waals surface area contributed by atoms with Gasteiger partial charge in [0.15, 0.2) is 6.73 Å². The molecule has 0 atom stereocenters. The first-order valence-electron chi connectivity index (χ1n) is 7.58. The summed E-state index contributed by atoms with van der Waals surface area (Å²) in [6.45, 7) is 5.13. The van der Waals surface area contributed by atoms with Crippen molar-refractivity contribution in [1.82, 2.24) is 10.6 Å². The minimum absolute atomic E-state index is 0.122. The molecule has 0 bridgehead atoms. The smallest absolute Gasteiger partial charge is 0.317 e. The fraction of sp³-hybridized carbons (Fsp3) is 0.278. The van der Waals surface area contributed by atoms with E-state index in [2.05, 4.69) is 10.6 Å². The molecule has 2 rings (SSSR count). The van der Waals surface area contributed by atoms with E-state index in [0.717, 1.165) is 22.4 Å². The van der Waals surface area contributed by atoms with E-state index in [9.17, 15) is 4.79 Å². The third-order valence-electron chi connectivity index (χ3n) is 3.63. The van der Waals surface area contributed by atoms with Gasteiger partial charge in [0.25, 0.3) is 0 Å². The summed E-state index contributed by atoms with van der Waals surface area (Å²) in [4.78, 5) is 11.8. The van der Waals surface area contributed by atoms with Gasteiger partial charge in [-0.3, -0.25) is 0 Å². The van der Waals surface area contributed by atoms with Crippen molar-refractivity contribution in [3.63, 3.8) is 0 Å². The minimum Gasteiger partial charge on any atom is -0.473 e. The molecule has 0 aliphatic carbocycles. The number of hydrogen-bond acceptors (Lipinski definition) is 3. The van der Waals surface area contributed by atoms with Gasteiger partial charge in [0.1, 0.15) is 5.75 Å². The number of carbonyl (C=O) groups excluding carboxylic acids is 1. The molecule has 0 aliphatic rings. The molecular formula is C18H23N3O2. The lowest BCUT2D eigenvalue weighted by Gasteiger charge is -2.11. The zero-order valence-corrected chi connectivity index (χ0v) is 13.6. The third kappa shape index (κ3) is 5.30. The standard InChI is InChI=1S/C18H23N3O2/c1-13-6-7-17(8-14(13)2)23-12-21-18(22)20-11-16-5-3-4-15(9-16)10-19/h3-9H,10-12,19H2,1-2H3,(H2,20,21,22). The molecule has 0 radical (unpaired) electrons. The molecule has 2 amide bonds. The number of amides is 2. The summed E-state index contributed by atoms with van der Waals surface area (Å²) in [6.07, 6.45) is 0. The summed E-state index contributed by atoms with van der Waals surface area (Å²) in [5.74, 6) is 0.740. The van der Waals surface area contributed by atoms with E-state index >= 15 is 0 Å². The normalized spacial score (nSPS) is 10.2. The van der Waals surface area contributed by atoms with Crippen LogP contribution in [-0.4, -0.2) is 12.8 Å². The fourth-order valence-electron chi connectivity index (χ4n) is 2.10. The van der Waals surface area contributed by atoms with Crippen molar-refractivity contribution in [2.24, 2.45) is 5.73 Å². The van der Waals surface area contributed by atoms with Gasteiger partial charge in [0.05, 0.1) is 0 Å². The van der Waals surface area contributed by atoms with Crippen LogP contribution in [-0.2, 0) is 13.1 Å². The Morgan fingerprint density at radius 2 is 1.83 bits per heavy atom. The van der Waals surface area contributed by atoms with Crippen molar-refractivity contribution < 1.29 is 9.53 Å². The molecule has 0 fully saturated rings. The Kier molecular flexibility index (Phi) is 6.00. The van der Waals surface area contributed by atoms with E-state index in [1.807, 2.05) is 56.3 Å². The monoisotopic (exact) mass is 313 g/mol. The van der Waals surface area contributed by atoms with Gasteiger partial charge < -0.3 is 21.1 Å². The van der Waals surface area contributed by atoms with Crippen LogP contribution in [0.25, 0.3) is 0 Å². The number of hydrogen-bond donors (Lipinski definition) is 3. The highest BCUT2D eigenvalue weighted by atomic mass is 16.5. The van der Waals surface area contributed by atoms with Gasteiger partial charge in [-0.05, 0) is 48.2 Å². The first-order valence-corrected chi connectivity index (χ1v) is 7.58. The number of nitrogens with two attached hydrogens (primary N) is 1. The number of urea groups is 1. The summed E-state index contributed by atoms with van der Waals surface area (Å²) in [6, 6.07) is 13.4. The molecule has 0 spiro atoms. The van der Waals surface area contributed by atoms with Crippen LogP contribution in [0.4, 0.5) is 4.79 Å². The van der Waals surface area contributed by atoms with Crippen LogP contribution in [0.5, 0.6) is 5.75 Å². The quantitative estimate of drug-likeness (QED) is 0.717. The molecule has 0 aliphatic heterocycles. The van der Waals surface area contributed by atoms with Crippen LogP contribution in [0.15, 0.2) is 42.5 Å². The summed E-state index contributed by atoms with van der Waals surface area (Å²) in [7, 11) is 0. The number of benzene rings is 2. The minimum atomic E-state index is -0.271. The summed E-state index contributed by atoms with van der Waals surface area (Å²) >= 11 is 0. The van der Waals surface area contributed by atoms with Crippen LogP contribution in [0, 0.1) is 13.8 Å². The molecule has 23 heavy (non-hydrogen) atoms. The molecule has 2 aromatic rings. The molecule has 0 aromatic heterocycles. The van der Waals surface area contributed by atoms with E-state index in [4.69, 9.17) is 10.5 Å². The highest BCUT2D eigenvalue weighted by molar-refractivity contribution is 5.73. The molecule has 122 valence electrons. The second-order valence-corrected chi connectivity index (χ2v) is 5.42. The molecule has 4 N–H and O–H groups in total. The molecule has 0 heterocycles. The molecular weight excluding hydrogens is 290 g/mol. The lowest BCUT2D eigenvalue weighted by atomic mass is 10.1. The zero-order chi connectivity index (χ0) is 16.7. The maximum Gasteiger partial charge on any atom is 0.317 e. The number of ether oxygens (including phenoxy) is 1. The predicted molar refractivity (Wildman–Crippen MR) is 91.1 cm³/mol. The molecule has 5 nitrogen and oxygen atoms in total. The average molecular weight is 313 g/mol. The Morgan fingerprint density at radius 3 is 2.57 bits per heavy atom. The first-order chi connectivity index (χ1) is 11.1. The van der Waals surface area contributed by atoms with Crippen LogP contribution >= 0.6 is 0 Å². The largest absolute Gasteiger partial charge is 0.473 e. The Hall–Kier alpha value is -2.53. The Bertz CT molecular complexity index is 671. The van der Waals surface area contributed by atoms with Crippen LogP contribution in [0.3, 0.4) is 0 Å². The average Bonchev–Trinajstić information content (AvgIpc) is 2.56. The molecule has 0 saturated heterocycles. The van der Waals surface area contributed by atoms with Gasteiger partial charge in [-0.1, -0.05) is 30.3 Å². The van der Waals surface area contributed by atoms with Crippen molar-refractivity contribution >= 4 is 6.03 Å². The lowest BCUT2D eigenvalue weighted by molar-refractivity contribution is 0.223. The van der Waals surface area contributed by atoms with E-state index in [-0.39, 0.29) is 12.8 Å². The Labute approximate surface area is 136 Å². The number of carbonyl (C=O) groups is 1. The van der Waals surface area contributed by atoms with Crippen molar-refractivity contribution in [3.8, 4) is 5.75 Å². The number of aryl methyl sites for hydroxylation is 2. The zero-order valence-electron chi connectivity index (χ0n) is 13.6. The predicted octanol–water partition coefficient (Wildman–Crippen LogP) is 2.60. The van der Waals surface area contributed by atoms with Gasteiger partial charge in [-0.15, -0.1) is 0 Å². The summed E-state index contributed by atoms with van der Waals surface area (Å²) in [5.41, 5.74) is 10.0. The molecule has 5 heteroatoms. The lowest BCUT2D eigenvalue weighted by Crippen LogP contribution is -2.37. The van der Waals surface area contributed by atoms with Crippen molar-refractivity contribution in [3.05, 3.63) is 64.7 Å². The maximum absolute atomic E-state index is 11.8. The van der Waals surface area contributed by atoms with Gasteiger partial charge >= 0.3 is 6.03 Å². The summed E-state index contributed by atoms with van der Waals surface area (Å²) < 4.78 is 5.51. The van der Waals surface area contributed by atoms with E-state index in [1.54, 1.807) is 0 Å². The van der Waals surface area contributed by atoms with Crippen molar-refractivity contribution in [2.75, 3.05) is 6.73 Å². The summed E-state index contributed by atoms with van der Waals surface area (Å²) in [5, 5.41) is 5.45. The SMILES string of the molecule is Cc1ccc(OCNC(=O)NCc2cccc(CN)c2)cc1C. The second-order valence-electron chi connectivity index (χ2n) is 5.42. The highest BCUT2D eigenvalue weighted by Crippen LogP contribution is 2.15. The topological polar surface area (TPSA) is 76.4 Å². The van der Waals surface area contributed by atoms with Gasteiger partial charge in [-0.2, -0.15) is 0 Å². The van der Waals surface area contributed by atoms with Gasteiger partial charge in [0, 0.05) is 13.1 Å². The number of nitrogens with one attached hydrogen (secondary N) is 2. The van der Waals surface area contributed by atoms with E-state index < -0.39 is 0 Å². The van der Waals surface area contributed by atoms with Gasteiger partial charge in [0.2, 0.25) is 0 Å². The molecule has 0 unspecified atom stereocenters. The number of rotatable bonds is 6. The van der Waals surface area contributed by atoms with E-state index in [0.29, 0.717) is 13.1 Å². The van der Waals surface area contributed by atoms with Crippen LogP contribution in [0.1, 0.15) is 22.3 Å². The highest BCUT2D eigenvalue weighted by Gasteiger charge is 2.02.